The summed E-state index contributed by atoms with van der Waals surface area (Å²) >= 11 is 0. The number of amides is 2. The number of rotatable bonds is 5. The van der Waals surface area contributed by atoms with E-state index in [1.807, 2.05) is 18.2 Å². The molecule has 1 unspecified atom stereocenters. The summed E-state index contributed by atoms with van der Waals surface area (Å²) in [6.07, 6.45) is 2.57. The van der Waals surface area contributed by atoms with Crippen molar-refractivity contribution in [2.24, 2.45) is 0 Å². The number of benzene rings is 2. The molecular formula is C23H25N3O6S. The summed E-state index contributed by atoms with van der Waals surface area (Å²) in [5.41, 5.74) is 0.725. The Labute approximate surface area is 191 Å². The molecule has 0 fully saturated rings. The van der Waals surface area contributed by atoms with Crippen molar-refractivity contribution in [2.45, 2.75) is 25.4 Å². The molecule has 0 saturated heterocycles. The van der Waals surface area contributed by atoms with Gasteiger partial charge in [0.05, 0.1) is 18.5 Å². The lowest BCUT2D eigenvalue weighted by atomic mass is 10.0. The Morgan fingerprint density at radius 1 is 1.15 bits per heavy atom. The number of para-hydroxylation sites is 1. The highest BCUT2D eigenvalue weighted by molar-refractivity contribution is 7.92. The average Bonchev–Trinajstić information content (AvgIpc) is 3.22. The van der Waals surface area contributed by atoms with Crippen molar-refractivity contribution in [2.75, 3.05) is 29.0 Å². The van der Waals surface area contributed by atoms with Crippen molar-refractivity contribution in [1.29, 1.82) is 0 Å². The minimum atomic E-state index is -3.46. The predicted octanol–water partition coefficient (Wildman–Crippen LogP) is 2.11. The normalized spacial score (nSPS) is 15.5. The van der Waals surface area contributed by atoms with Gasteiger partial charge in [-0.15, -0.1) is 0 Å². The fourth-order valence-electron chi connectivity index (χ4n) is 3.82. The molecule has 2 amide bonds. The van der Waals surface area contributed by atoms with E-state index in [0.717, 1.165) is 23.6 Å². The van der Waals surface area contributed by atoms with Gasteiger partial charge in [0, 0.05) is 17.6 Å². The van der Waals surface area contributed by atoms with Crippen LogP contribution in [0.25, 0.3) is 11.0 Å². The Kier molecular flexibility index (Phi) is 5.89. The average molecular weight is 472 g/mol. The first-order valence-corrected chi connectivity index (χ1v) is 12.3. The van der Waals surface area contributed by atoms with E-state index in [0.29, 0.717) is 29.9 Å². The highest BCUT2D eigenvalue weighted by Crippen LogP contribution is 2.32. The van der Waals surface area contributed by atoms with Crippen molar-refractivity contribution in [1.82, 2.24) is 5.32 Å². The molecule has 33 heavy (non-hydrogen) atoms. The first kappa shape index (κ1) is 22.8. The molecule has 174 valence electrons. The molecule has 9 nitrogen and oxygen atoms in total. The van der Waals surface area contributed by atoms with E-state index < -0.39 is 27.4 Å². The van der Waals surface area contributed by atoms with E-state index in [2.05, 4.69) is 10.6 Å². The SMILES string of the molecule is CC(O)(CNC(=O)C(=O)Nc1ccc2c(c1)N(S(C)(=O)=O)CCC2)c1cc2ccccc2o1. The molecule has 3 aromatic rings. The maximum absolute atomic E-state index is 12.4. The largest absolute Gasteiger partial charge is 0.458 e. The second-order valence-corrected chi connectivity index (χ2v) is 10.2. The zero-order valence-electron chi connectivity index (χ0n) is 18.3. The van der Waals surface area contributed by atoms with E-state index in [-0.39, 0.29) is 12.3 Å². The number of nitrogens with one attached hydrogen (secondary N) is 2. The van der Waals surface area contributed by atoms with Gasteiger partial charge in [-0.3, -0.25) is 13.9 Å². The maximum Gasteiger partial charge on any atom is 0.313 e. The summed E-state index contributed by atoms with van der Waals surface area (Å²) in [5, 5.41) is 16.5. The zero-order chi connectivity index (χ0) is 23.8. The molecule has 3 N–H and O–H groups in total. The minimum Gasteiger partial charge on any atom is -0.458 e. The molecule has 2 aromatic carbocycles. The number of carbonyl (C=O) groups excluding carboxylic acids is 2. The van der Waals surface area contributed by atoms with Gasteiger partial charge >= 0.3 is 11.8 Å². The van der Waals surface area contributed by atoms with Gasteiger partial charge in [0.25, 0.3) is 0 Å². The number of aliphatic hydroxyl groups is 1. The second-order valence-electron chi connectivity index (χ2n) is 8.34. The fourth-order valence-corrected chi connectivity index (χ4v) is 4.81. The summed E-state index contributed by atoms with van der Waals surface area (Å²) in [5.74, 6) is -1.61. The summed E-state index contributed by atoms with van der Waals surface area (Å²) in [6, 6.07) is 13.9. The molecule has 0 bridgehead atoms. The molecule has 0 spiro atoms. The van der Waals surface area contributed by atoms with Crippen LogP contribution in [-0.4, -0.2) is 44.7 Å². The number of anilines is 2. The van der Waals surface area contributed by atoms with Gasteiger partial charge in [-0.1, -0.05) is 24.3 Å². The lowest BCUT2D eigenvalue weighted by Crippen LogP contribution is -2.43. The van der Waals surface area contributed by atoms with E-state index >= 15 is 0 Å². The Morgan fingerprint density at radius 3 is 2.64 bits per heavy atom. The molecular weight excluding hydrogens is 446 g/mol. The highest BCUT2D eigenvalue weighted by Gasteiger charge is 2.30. The second kappa shape index (κ2) is 8.53. The van der Waals surface area contributed by atoms with Crippen LogP contribution in [0.15, 0.2) is 52.9 Å². The molecule has 1 atom stereocenters. The van der Waals surface area contributed by atoms with Crippen LogP contribution < -0.4 is 14.9 Å². The number of nitrogens with zero attached hydrogens (tertiary/aromatic N) is 1. The van der Waals surface area contributed by atoms with E-state index in [9.17, 15) is 23.1 Å². The molecule has 10 heteroatoms. The van der Waals surface area contributed by atoms with Crippen LogP contribution in [-0.2, 0) is 31.6 Å². The molecule has 4 rings (SSSR count). The highest BCUT2D eigenvalue weighted by atomic mass is 32.2. The standard InChI is InChI=1S/C23H25N3O6S/c1-23(29,20-12-16-6-3-4-8-19(16)32-20)14-24-21(27)22(28)25-17-10-9-15-7-5-11-26(18(15)13-17)33(2,30)31/h3-4,6,8-10,12-13,29H,5,7,11,14H2,1-2H3,(H,24,27)(H,25,28). The third-order valence-corrected chi connectivity index (χ3v) is 6.76. The Balaban J connectivity index is 1.42. The summed E-state index contributed by atoms with van der Waals surface area (Å²) in [6.45, 7) is 1.60. The number of hydrogen-bond acceptors (Lipinski definition) is 6. The fraction of sp³-hybridized carbons (Fsp3) is 0.304. The quantitative estimate of drug-likeness (QED) is 0.489. The number of hydrogen-bond donors (Lipinski definition) is 3. The smallest absolute Gasteiger partial charge is 0.313 e. The Morgan fingerprint density at radius 2 is 1.91 bits per heavy atom. The molecule has 1 aliphatic heterocycles. The first-order valence-electron chi connectivity index (χ1n) is 10.5. The van der Waals surface area contributed by atoms with Crippen LogP contribution in [0.4, 0.5) is 11.4 Å². The summed E-state index contributed by atoms with van der Waals surface area (Å²) < 4.78 is 31.1. The molecule has 0 saturated carbocycles. The minimum absolute atomic E-state index is 0.245. The van der Waals surface area contributed by atoms with Crippen LogP contribution in [0.3, 0.4) is 0 Å². The first-order chi connectivity index (χ1) is 15.5. The van der Waals surface area contributed by atoms with E-state index in [1.54, 1.807) is 30.3 Å². The van der Waals surface area contributed by atoms with Gasteiger partial charge < -0.3 is 20.2 Å². The lowest BCUT2D eigenvalue weighted by Gasteiger charge is -2.29. The third kappa shape index (κ3) is 4.86. The molecule has 1 aromatic heterocycles. The molecule has 0 aliphatic carbocycles. The van der Waals surface area contributed by atoms with Crippen LogP contribution in [0.1, 0.15) is 24.7 Å². The van der Waals surface area contributed by atoms with E-state index in [1.165, 1.54) is 11.2 Å². The number of furan rings is 1. The van der Waals surface area contributed by atoms with Crippen molar-refractivity contribution >= 4 is 44.2 Å². The summed E-state index contributed by atoms with van der Waals surface area (Å²) in [7, 11) is -3.46. The monoisotopic (exact) mass is 471 g/mol. The van der Waals surface area contributed by atoms with Gasteiger partial charge in [0.15, 0.2) is 0 Å². The van der Waals surface area contributed by atoms with Crippen LogP contribution in [0.5, 0.6) is 0 Å². The Bertz CT molecular complexity index is 1300. The van der Waals surface area contributed by atoms with Gasteiger partial charge in [-0.2, -0.15) is 0 Å². The molecule has 0 radical (unpaired) electrons. The van der Waals surface area contributed by atoms with Gasteiger partial charge in [-0.05, 0) is 49.6 Å². The van der Waals surface area contributed by atoms with Crippen molar-refractivity contribution in [3.05, 3.63) is 59.9 Å². The van der Waals surface area contributed by atoms with E-state index in [4.69, 9.17) is 4.42 Å². The van der Waals surface area contributed by atoms with Gasteiger partial charge in [0.2, 0.25) is 10.0 Å². The maximum atomic E-state index is 12.4. The van der Waals surface area contributed by atoms with Gasteiger partial charge in [-0.25, -0.2) is 8.42 Å². The predicted molar refractivity (Wildman–Crippen MR) is 124 cm³/mol. The summed E-state index contributed by atoms with van der Waals surface area (Å²) in [4.78, 5) is 24.7. The Hall–Kier alpha value is -3.37. The number of carbonyl (C=O) groups is 2. The zero-order valence-corrected chi connectivity index (χ0v) is 19.1. The van der Waals surface area contributed by atoms with Crippen molar-refractivity contribution < 1.29 is 27.5 Å². The lowest BCUT2D eigenvalue weighted by molar-refractivity contribution is -0.136. The molecule has 2 heterocycles. The van der Waals surface area contributed by atoms with Crippen LogP contribution >= 0.6 is 0 Å². The van der Waals surface area contributed by atoms with Crippen molar-refractivity contribution in [3.63, 3.8) is 0 Å². The van der Waals surface area contributed by atoms with Gasteiger partial charge in [0.1, 0.15) is 16.9 Å². The van der Waals surface area contributed by atoms with Crippen LogP contribution in [0.2, 0.25) is 0 Å². The number of fused-ring (bicyclic) bond motifs is 2. The topological polar surface area (TPSA) is 129 Å². The number of aryl methyl sites for hydroxylation is 1. The van der Waals surface area contributed by atoms with Crippen molar-refractivity contribution in [3.8, 4) is 0 Å². The number of sulfonamides is 1. The van der Waals surface area contributed by atoms with Crippen LogP contribution in [0, 0.1) is 0 Å². The third-order valence-electron chi connectivity index (χ3n) is 5.58. The molecule has 1 aliphatic rings.